The van der Waals surface area contributed by atoms with Gasteiger partial charge in [0.15, 0.2) is 0 Å². The van der Waals surface area contributed by atoms with Crippen LogP contribution in [0.25, 0.3) is 0 Å². The van der Waals surface area contributed by atoms with Gasteiger partial charge in [0, 0.05) is 0 Å². The van der Waals surface area contributed by atoms with E-state index in [9.17, 15) is 30.6 Å². The van der Waals surface area contributed by atoms with Crippen molar-refractivity contribution in [3.63, 3.8) is 0 Å². The highest BCUT2D eigenvalue weighted by Crippen LogP contribution is 2.14. The standard InChI is InChI=1S/C34H62O14/c1-23(2)9-41-13-27(35)15-45-21-31(47-19-29(37)17-43-11-25(5)6)33(39)34(40)32(48-20-30(38)18-44-12-26(7)8)22-46-16-28(36)14-42-10-24(3)4/h27-40H,1,3,5,7,9-22H2,2,4,6,8H3. The SMILES string of the molecule is C=C(C)COCC(O)COCC(OCC(O)COCC(=C)C)C(O)C(O)C(COCC(O)COCC(=C)C)OCC(O)COCC(=C)C. The highest BCUT2D eigenvalue weighted by molar-refractivity contribution is 4.89. The first kappa shape index (κ1) is 46.4. The van der Waals surface area contributed by atoms with E-state index < -0.39 is 48.8 Å². The minimum Gasteiger partial charge on any atom is -0.388 e. The van der Waals surface area contributed by atoms with Gasteiger partial charge in [0.05, 0.1) is 92.5 Å². The van der Waals surface area contributed by atoms with Gasteiger partial charge in [-0.25, -0.2) is 0 Å². The van der Waals surface area contributed by atoms with Crippen LogP contribution in [0.5, 0.6) is 0 Å². The summed E-state index contributed by atoms with van der Waals surface area (Å²) in [6.07, 6.45) is -9.86. The Hall–Kier alpha value is -1.60. The second-order valence-electron chi connectivity index (χ2n) is 12.3. The summed E-state index contributed by atoms with van der Waals surface area (Å²) in [6, 6.07) is 0. The molecule has 0 radical (unpaired) electrons. The van der Waals surface area contributed by atoms with E-state index in [4.69, 9.17) is 37.9 Å². The highest BCUT2D eigenvalue weighted by atomic mass is 16.6. The molecule has 0 saturated carbocycles. The van der Waals surface area contributed by atoms with Crippen molar-refractivity contribution >= 4 is 0 Å². The summed E-state index contributed by atoms with van der Waals surface area (Å²) in [5.41, 5.74) is 3.12. The quantitative estimate of drug-likeness (QED) is 0.0515. The minimum atomic E-state index is -1.65. The van der Waals surface area contributed by atoms with Crippen LogP contribution < -0.4 is 0 Å². The third-order valence-electron chi connectivity index (χ3n) is 5.94. The number of rotatable bonds is 33. The first-order chi connectivity index (χ1) is 22.6. The molecule has 14 heteroatoms. The normalized spacial score (nSPS) is 16.8. The molecule has 6 N–H and O–H groups in total. The van der Waals surface area contributed by atoms with Gasteiger partial charge in [-0.3, -0.25) is 0 Å². The van der Waals surface area contributed by atoms with Crippen molar-refractivity contribution < 1.29 is 68.5 Å². The highest BCUT2D eigenvalue weighted by Gasteiger charge is 2.35. The van der Waals surface area contributed by atoms with Gasteiger partial charge in [-0.2, -0.15) is 0 Å². The molecule has 0 aromatic heterocycles. The van der Waals surface area contributed by atoms with Crippen LogP contribution in [-0.4, -0.2) is 172 Å². The lowest BCUT2D eigenvalue weighted by Crippen LogP contribution is -2.51. The van der Waals surface area contributed by atoms with Gasteiger partial charge in [-0.1, -0.05) is 48.6 Å². The maximum Gasteiger partial charge on any atom is 0.111 e. The molecular weight excluding hydrogens is 632 g/mol. The van der Waals surface area contributed by atoms with Crippen molar-refractivity contribution in [2.24, 2.45) is 0 Å². The van der Waals surface area contributed by atoms with Crippen molar-refractivity contribution in [2.45, 2.75) is 76.5 Å². The third-order valence-corrected chi connectivity index (χ3v) is 5.94. The Labute approximate surface area is 286 Å². The van der Waals surface area contributed by atoms with Crippen molar-refractivity contribution in [1.29, 1.82) is 0 Å². The minimum absolute atomic E-state index is 0.0158. The summed E-state index contributed by atoms with van der Waals surface area (Å²) >= 11 is 0. The van der Waals surface area contributed by atoms with Gasteiger partial charge in [-0.05, 0) is 27.7 Å². The van der Waals surface area contributed by atoms with E-state index in [1.165, 1.54) is 0 Å². The zero-order valence-electron chi connectivity index (χ0n) is 29.3. The fourth-order valence-electron chi connectivity index (χ4n) is 3.71. The zero-order chi connectivity index (χ0) is 36.5. The lowest BCUT2D eigenvalue weighted by atomic mass is 10.0. The molecule has 8 unspecified atom stereocenters. The molecule has 48 heavy (non-hydrogen) atoms. The summed E-state index contributed by atoms with van der Waals surface area (Å²) in [5, 5.41) is 63.6. The molecule has 14 nitrogen and oxygen atoms in total. The number of aliphatic hydroxyl groups excluding tert-OH is 6. The Morgan fingerprint density at radius 3 is 0.854 bits per heavy atom. The summed E-state index contributed by atoms with van der Waals surface area (Å²) in [6.45, 7) is 21.4. The molecule has 0 bridgehead atoms. The Morgan fingerprint density at radius 1 is 0.375 bits per heavy atom. The van der Waals surface area contributed by atoms with Gasteiger partial charge in [0.1, 0.15) is 48.8 Å². The van der Waals surface area contributed by atoms with Gasteiger partial charge in [-0.15, -0.1) is 0 Å². The second kappa shape index (κ2) is 28.1. The Morgan fingerprint density at radius 2 is 0.604 bits per heavy atom. The smallest absolute Gasteiger partial charge is 0.111 e. The summed E-state index contributed by atoms with van der Waals surface area (Å²) in [7, 11) is 0. The van der Waals surface area contributed by atoms with Crippen LogP contribution >= 0.6 is 0 Å². The van der Waals surface area contributed by atoms with Crippen molar-refractivity contribution in [3.8, 4) is 0 Å². The molecule has 8 atom stereocenters. The molecule has 0 rings (SSSR count). The van der Waals surface area contributed by atoms with Gasteiger partial charge in [0.2, 0.25) is 0 Å². The van der Waals surface area contributed by atoms with Crippen LogP contribution in [0.3, 0.4) is 0 Å². The molecule has 0 aromatic rings. The molecule has 0 aliphatic rings. The Balaban J connectivity index is 5.54. The Bertz CT molecular complexity index is 814. The lowest BCUT2D eigenvalue weighted by Gasteiger charge is -2.32. The predicted molar refractivity (Wildman–Crippen MR) is 180 cm³/mol. The van der Waals surface area contributed by atoms with E-state index in [0.717, 1.165) is 22.3 Å². The van der Waals surface area contributed by atoms with E-state index in [1.54, 1.807) is 27.7 Å². The molecule has 282 valence electrons. The van der Waals surface area contributed by atoms with E-state index in [0.29, 0.717) is 0 Å². The molecule has 0 heterocycles. The molecule has 0 spiro atoms. The van der Waals surface area contributed by atoms with E-state index in [-0.39, 0.29) is 92.5 Å². The molecule has 0 fully saturated rings. The topological polar surface area (TPSA) is 195 Å². The van der Waals surface area contributed by atoms with E-state index >= 15 is 0 Å². The molecule has 0 aliphatic carbocycles. The Kier molecular flexibility index (Phi) is 27.2. The second-order valence-corrected chi connectivity index (χ2v) is 12.3. The van der Waals surface area contributed by atoms with Crippen LogP contribution in [0.1, 0.15) is 27.7 Å². The molecule has 0 amide bonds. The maximum atomic E-state index is 11.2. The average Bonchev–Trinajstić information content (AvgIpc) is 2.99. The van der Waals surface area contributed by atoms with Crippen LogP contribution in [0.15, 0.2) is 48.6 Å². The monoisotopic (exact) mass is 694 g/mol. The first-order valence-electron chi connectivity index (χ1n) is 16.0. The van der Waals surface area contributed by atoms with Crippen molar-refractivity contribution in [3.05, 3.63) is 48.6 Å². The van der Waals surface area contributed by atoms with E-state index in [2.05, 4.69) is 26.3 Å². The number of hydrogen-bond acceptors (Lipinski definition) is 14. The summed E-state index contributed by atoms with van der Waals surface area (Å²) in [4.78, 5) is 0. The molecule has 0 saturated heterocycles. The lowest BCUT2D eigenvalue weighted by molar-refractivity contribution is -0.180. The first-order valence-corrected chi connectivity index (χ1v) is 16.0. The summed E-state index contributed by atoms with van der Waals surface area (Å²) in [5.74, 6) is 0. The molecular formula is C34H62O14. The third kappa shape index (κ3) is 26.3. The maximum absolute atomic E-state index is 11.2. The number of hydrogen-bond donors (Lipinski definition) is 6. The largest absolute Gasteiger partial charge is 0.388 e. The number of ether oxygens (including phenoxy) is 8. The van der Waals surface area contributed by atoms with Crippen LogP contribution in [0.4, 0.5) is 0 Å². The molecule has 0 aliphatic heterocycles. The van der Waals surface area contributed by atoms with Crippen LogP contribution in [0, 0.1) is 0 Å². The number of aliphatic hydroxyl groups is 6. The van der Waals surface area contributed by atoms with Crippen LogP contribution in [-0.2, 0) is 37.9 Å². The van der Waals surface area contributed by atoms with Gasteiger partial charge in [0.25, 0.3) is 0 Å². The van der Waals surface area contributed by atoms with Crippen molar-refractivity contribution in [1.82, 2.24) is 0 Å². The van der Waals surface area contributed by atoms with Gasteiger partial charge >= 0.3 is 0 Å². The average molecular weight is 695 g/mol. The van der Waals surface area contributed by atoms with Crippen molar-refractivity contribution in [2.75, 3.05) is 92.5 Å². The summed E-state index contributed by atoms with van der Waals surface area (Å²) < 4.78 is 44.0. The molecule has 0 aromatic carbocycles. The predicted octanol–water partition coefficient (Wildman–Crippen LogP) is 0.326. The van der Waals surface area contributed by atoms with E-state index in [1.807, 2.05) is 0 Å². The van der Waals surface area contributed by atoms with Crippen LogP contribution in [0.2, 0.25) is 0 Å². The fourth-order valence-corrected chi connectivity index (χ4v) is 3.71. The van der Waals surface area contributed by atoms with Gasteiger partial charge < -0.3 is 68.5 Å². The fraction of sp³-hybridized carbons (Fsp3) is 0.765. The zero-order valence-corrected chi connectivity index (χ0v) is 29.3.